The number of aromatic nitrogens is 2. The van der Waals surface area contributed by atoms with E-state index >= 15 is 0 Å². The average molecular weight is 304 g/mol. The molecule has 1 aromatic heterocycles. The van der Waals surface area contributed by atoms with Crippen molar-refractivity contribution in [1.82, 2.24) is 9.97 Å². The number of ether oxygens (including phenoxy) is 2. The topological polar surface area (TPSA) is 56.3 Å². The summed E-state index contributed by atoms with van der Waals surface area (Å²) in [6, 6.07) is 7.60. The molecule has 4 rings (SSSR count). The first kappa shape index (κ1) is 12.7. The van der Waals surface area contributed by atoms with Gasteiger partial charge in [-0.3, -0.25) is 0 Å². The van der Waals surface area contributed by atoms with Gasteiger partial charge < -0.3 is 14.8 Å². The zero-order valence-electron chi connectivity index (χ0n) is 11.3. The highest BCUT2D eigenvalue weighted by Crippen LogP contribution is 2.39. The predicted octanol–water partition coefficient (Wildman–Crippen LogP) is 3.35. The zero-order chi connectivity index (χ0) is 14.2. The third-order valence-corrected chi connectivity index (χ3v) is 3.79. The molecule has 5 nitrogen and oxygen atoms in total. The molecule has 0 saturated heterocycles. The van der Waals surface area contributed by atoms with E-state index in [1.807, 2.05) is 18.2 Å². The van der Waals surface area contributed by atoms with Crippen molar-refractivity contribution < 1.29 is 9.47 Å². The number of nitrogens with one attached hydrogen (secondary N) is 1. The number of hydrogen-bond donors (Lipinski definition) is 1. The van der Waals surface area contributed by atoms with Gasteiger partial charge in [-0.05, 0) is 18.9 Å². The maximum Gasteiger partial charge on any atom is 0.231 e. The molecule has 108 valence electrons. The number of anilines is 1. The molecule has 1 fully saturated rings. The van der Waals surface area contributed by atoms with Crippen LogP contribution in [-0.2, 0) is 6.54 Å². The van der Waals surface area contributed by atoms with E-state index in [9.17, 15) is 0 Å². The van der Waals surface area contributed by atoms with E-state index in [0.29, 0.717) is 17.6 Å². The second kappa shape index (κ2) is 5.07. The third kappa shape index (κ3) is 2.61. The van der Waals surface area contributed by atoms with Crippen molar-refractivity contribution in [3.05, 3.63) is 40.8 Å². The molecule has 1 aliphatic heterocycles. The molecule has 21 heavy (non-hydrogen) atoms. The van der Waals surface area contributed by atoms with Crippen LogP contribution in [0.2, 0.25) is 5.15 Å². The van der Waals surface area contributed by atoms with Gasteiger partial charge in [-0.1, -0.05) is 23.7 Å². The van der Waals surface area contributed by atoms with Crippen LogP contribution in [0.4, 0.5) is 5.82 Å². The van der Waals surface area contributed by atoms with Gasteiger partial charge in [0.15, 0.2) is 11.5 Å². The molecule has 1 saturated carbocycles. The van der Waals surface area contributed by atoms with E-state index in [1.165, 1.54) is 0 Å². The van der Waals surface area contributed by atoms with Crippen molar-refractivity contribution in [1.29, 1.82) is 0 Å². The van der Waals surface area contributed by atoms with Crippen LogP contribution in [0.1, 0.15) is 30.1 Å². The lowest BCUT2D eigenvalue weighted by atomic mass is 10.2. The Morgan fingerprint density at radius 3 is 3.00 bits per heavy atom. The Morgan fingerprint density at radius 1 is 1.24 bits per heavy atom. The van der Waals surface area contributed by atoms with Crippen molar-refractivity contribution in [2.45, 2.75) is 25.3 Å². The van der Waals surface area contributed by atoms with E-state index in [0.717, 1.165) is 41.5 Å². The largest absolute Gasteiger partial charge is 0.454 e. The van der Waals surface area contributed by atoms with Crippen LogP contribution in [-0.4, -0.2) is 16.8 Å². The van der Waals surface area contributed by atoms with E-state index in [4.69, 9.17) is 21.1 Å². The smallest absolute Gasteiger partial charge is 0.231 e. The normalized spacial score (nSPS) is 16.0. The van der Waals surface area contributed by atoms with Crippen molar-refractivity contribution in [3.8, 4) is 11.5 Å². The SMILES string of the molecule is Clc1cc(NCc2cccc3c2OCO3)nc(C2CC2)n1. The minimum Gasteiger partial charge on any atom is -0.454 e. The van der Waals surface area contributed by atoms with E-state index in [2.05, 4.69) is 15.3 Å². The summed E-state index contributed by atoms with van der Waals surface area (Å²) < 4.78 is 10.9. The summed E-state index contributed by atoms with van der Waals surface area (Å²) in [5.41, 5.74) is 1.03. The summed E-state index contributed by atoms with van der Waals surface area (Å²) in [4.78, 5) is 8.80. The number of rotatable bonds is 4. The van der Waals surface area contributed by atoms with Gasteiger partial charge >= 0.3 is 0 Å². The number of hydrogen-bond acceptors (Lipinski definition) is 5. The van der Waals surface area contributed by atoms with Crippen LogP contribution in [0.5, 0.6) is 11.5 Å². The Kier molecular flexibility index (Phi) is 3.07. The first-order valence-electron chi connectivity index (χ1n) is 6.95. The molecule has 2 aliphatic rings. The van der Waals surface area contributed by atoms with Crippen LogP contribution in [0, 0.1) is 0 Å². The summed E-state index contributed by atoms with van der Waals surface area (Å²) in [5, 5.41) is 3.76. The fourth-order valence-corrected chi connectivity index (χ4v) is 2.56. The molecule has 0 bridgehead atoms. The number of halogens is 1. The minimum atomic E-state index is 0.275. The number of benzene rings is 1. The van der Waals surface area contributed by atoms with Gasteiger partial charge in [0.05, 0.1) is 0 Å². The van der Waals surface area contributed by atoms with Crippen molar-refractivity contribution in [2.75, 3.05) is 12.1 Å². The van der Waals surface area contributed by atoms with Gasteiger partial charge in [0.2, 0.25) is 6.79 Å². The third-order valence-electron chi connectivity index (χ3n) is 3.59. The molecule has 0 radical (unpaired) electrons. The Labute approximate surface area is 127 Å². The lowest BCUT2D eigenvalue weighted by Crippen LogP contribution is -2.05. The van der Waals surface area contributed by atoms with Crippen LogP contribution >= 0.6 is 11.6 Å². The van der Waals surface area contributed by atoms with E-state index in [-0.39, 0.29) is 6.79 Å². The minimum absolute atomic E-state index is 0.275. The Morgan fingerprint density at radius 2 is 2.14 bits per heavy atom. The van der Waals surface area contributed by atoms with Gasteiger partial charge in [-0.25, -0.2) is 9.97 Å². The second-order valence-electron chi connectivity index (χ2n) is 5.21. The molecule has 0 atom stereocenters. The molecule has 1 aromatic carbocycles. The Balaban J connectivity index is 1.53. The standard InChI is InChI=1S/C15H14ClN3O2/c16-12-6-13(19-15(18-12)9-4-5-9)17-7-10-2-1-3-11-14(10)21-8-20-11/h1-3,6,9H,4-5,7-8H2,(H,17,18,19). The molecular weight excluding hydrogens is 290 g/mol. The summed E-state index contributed by atoms with van der Waals surface area (Å²) >= 11 is 6.06. The monoisotopic (exact) mass is 303 g/mol. The van der Waals surface area contributed by atoms with Crippen molar-refractivity contribution in [2.24, 2.45) is 0 Å². The maximum atomic E-state index is 6.06. The average Bonchev–Trinajstić information content (AvgIpc) is 3.22. The quantitative estimate of drug-likeness (QED) is 0.878. The molecule has 2 aromatic rings. The Hall–Kier alpha value is -2.01. The molecular formula is C15H14ClN3O2. The fourth-order valence-electron chi connectivity index (χ4n) is 2.37. The van der Waals surface area contributed by atoms with Crippen LogP contribution < -0.4 is 14.8 Å². The summed E-state index contributed by atoms with van der Waals surface area (Å²) in [5.74, 6) is 3.64. The number of fused-ring (bicyclic) bond motifs is 1. The molecule has 0 unspecified atom stereocenters. The fraction of sp³-hybridized carbons (Fsp3) is 0.333. The molecule has 2 heterocycles. The second-order valence-corrected chi connectivity index (χ2v) is 5.60. The van der Waals surface area contributed by atoms with Crippen LogP contribution in [0.3, 0.4) is 0 Å². The first-order chi connectivity index (χ1) is 10.3. The zero-order valence-corrected chi connectivity index (χ0v) is 12.1. The van der Waals surface area contributed by atoms with Gasteiger partial charge in [-0.2, -0.15) is 0 Å². The van der Waals surface area contributed by atoms with Crippen LogP contribution in [0.25, 0.3) is 0 Å². The summed E-state index contributed by atoms with van der Waals surface area (Å²) in [6.45, 7) is 0.876. The van der Waals surface area contributed by atoms with Gasteiger partial charge in [-0.15, -0.1) is 0 Å². The van der Waals surface area contributed by atoms with Crippen molar-refractivity contribution >= 4 is 17.4 Å². The predicted molar refractivity (Wildman–Crippen MR) is 78.9 cm³/mol. The molecule has 0 amide bonds. The Bertz CT molecular complexity index is 689. The van der Waals surface area contributed by atoms with Gasteiger partial charge in [0.1, 0.15) is 16.8 Å². The molecule has 6 heteroatoms. The molecule has 0 spiro atoms. The lowest BCUT2D eigenvalue weighted by molar-refractivity contribution is 0.173. The highest BCUT2D eigenvalue weighted by Gasteiger charge is 2.27. The highest BCUT2D eigenvalue weighted by atomic mass is 35.5. The van der Waals surface area contributed by atoms with E-state index in [1.54, 1.807) is 6.07 Å². The summed E-state index contributed by atoms with van der Waals surface area (Å²) in [6.07, 6.45) is 2.30. The lowest BCUT2D eigenvalue weighted by Gasteiger charge is -2.09. The molecule has 1 N–H and O–H groups in total. The van der Waals surface area contributed by atoms with Gasteiger partial charge in [0, 0.05) is 24.1 Å². The van der Waals surface area contributed by atoms with Crippen molar-refractivity contribution in [3.63, 3.8) is 0 Å². The van der Waals surface area contributed by atoms with E-state index < -0.39 is 0 Å². The van der Waals surface area contributed by atoms with Gasteiger partial charge in [0.25, 0.3) is 0 Å². The summed E-state index contributed by atoms with van der Waals surface area (Å²) in [7, 11) is 0. The number of nitrogens with zero attached hydrogens (tertiary/aromatic N) is 2. The first-order valence-corrected chi connectivity index (χ1v) is 7.33. The highest BCUT2D eigenvalue weighted by molar-refractivity contribution is 6.29. The number of para-hydroxylation sites is 1. The van der Waals surface area contributed by atoms with Crippen LogP contribution in [0.15, 0.2) is 24.3 Å². The maximum absolute atomic E-state index is 6.06. The molecule has 1 aliphatic carbocycles.